The molecule has 0 saturated heterocycles. The molecule has 0 saturated carbocycles. The first kappa shape index (κ1) is 11.0. The number of carbonyl (C=O) groups is 1. The van der Waals surface area contributed by atoms with Gasteiger partial charge in [0.2, 0.25) is 0 Å². The molecule has 4 nitrogen and oxygen atoms in total. The van der Waals surface area contributed by atoms with Crippen LogP contribution in [-0.2, 0) is 11.3 Å². The number of aliphatic carboxylic acids is 1. The molecule has 0 fully saturated rings. The number of halogens is 1. The maximum absolute atomic E-state index is 10.2. The number of hydrogen-bond acceptors (Lipinski definition) is 3. The van der Waals surface area contributed by atoms with Crippen LogP contribution in [0.4, 0.5) is 5.69 Å². The summed E-state index contributed by atoms with van der Waals surface area (Å²) < 4.78 is 0.914. The summed E-state index contributed by atoms with van der Waals surface area (Å²) >= 11 is 3.29. The maximum atomic E-state index is 10.2. The second kappa shape index (κ2) is 4.97. The second-order valence-corrected chi connectivity index (χ2v) is 3.76. The Hall–Kier alpha value is -1.07. The first-order valence-electron chi connectivity index (χ1n) is 4.06. The van der Waals surface area contributed by atoms with E-state index in [1.807, 2.05) is 12.1 Å². The van der Waals surface area contributed by atoms with Crippen molar-refractivity contribution in [2.75, 3.05) is 12.3 Å². The van der Waals surface area contributed by atoms with E-state index in [0.29, 0.717) is 12.2 Å². The minimum atomic E-state index is -0.874. The van der Waals surface area contributed by atoms with Crippen LogP contribution in [0.1, 0.15) is 5.56 Å². The average Bonchev–Trinajstić information content (AvgIpc) is 2.08. The summed E-state index contributed by atoms with van der Waals surface area (Å²) in [4.78, 5) is 10.2. The van der Waals surface area contributed by atoms with Crippen molar-refractivity contribution in [3.8, 4) is 0 Å². The van der Waals surface area contributed by atoms with Gasteiger partial charge < -0.3 is 16.2 Å². The van der Waals surface area contributed by atoms with Crippen LogP contribution in [0.15, 0.2) is 22.7 Å². The lowest BCUT2D eigenvalue weighted by Crippen LogP contribution is -2.22. The summed E-state index contributed by atoms with van der Waals surface area (Å²) in [6, 6.07) is 5.51. The summed E-state index contributed by atoms with van der Waals surface area (Å²) in [5, 5.41) is 11.2. The Morgan fingerprint density at radius 3 is 2.86 bits per heavy atom. The third-order valence-corrected chi connectivity index (χ3v) is 2.19. The van der Waals surface area contributed by atoms with Crippen molar-refractivity contribution >= 4 is 27.6 Å². The zero-order chi connectivity index (χ0) is 10.6. The van der Waals surface area contributed by atoms with Gasteiger partial charge in [-0.3, -0.25) is 4.79 Å². The van der Waals surface area contributed by atoms with Crippen LogP contribution in [0.2, 0.25) is 0 Å². The van der Waals surface area contributed by atoms with Crippen LogP contribution in [0, 0.1) is 0 Å². The van der Waals surface area contributed by atoms with E-state index in [0.717, 1.165) is 10.0 Å². The van der Waals surface area contributed by atoms with Crippen molar-refractivity contribution in [2.24, 2.45) is 0 Å². The fourth-order valence-corrected chi connectivity index (χ4v) is 1.41. The van der Waals surface area contributed by atoms with E-state index >= 15 is 0 Å². The number of rotatable bonds is 4. The van der Waals surface area contributed by atoms with Crippen LogP contribution in [-0.4, -0.2) is 17.6 Å². The molecule has 0 aromatic heterocycles. The molecule has 76 valence electrons. The first-order valence-corrected chi connectivity index (χ1v) is 4.85. The van der Waals surface area contributed by atoms with Gasteiger partial charge in [0.15, 0.2) is 0 Å². The highest BCUT2D eigenvalue weighted by Gasteiger charge is 2.00. The van der Waals surface area contributed by atoms with E-state index in [1.165, 1.54) is 0 Å². The van der Waals surface area contributed by atoms with Crippen LogP contribution in [0.25, 0.3) is 0 Å². The number of anilines is 1. The summed E-state index contributed by atoms with van der Waals surface area (Å²) in [5.74, 6) is -0.874. The molecule has 4 N–H and O–H groups in total. The molecule has 14 heavy (non-hydrogen) atoms. The lowest BCUT2D eigenvalue weighted by molar-refractivity contribution is -0.135. The molecule has 5 heteroatoms. The van der Waals surface area contributed by atoms with Gasteiger partial charge >= 0.3 is 5.97 Å². The molecule has 0 spiro atoms. The molecule has 0 atom stereocenters. The van der Waals surface area contributed by atoms with Crippen molar-refractivity contribution in [1.29, 1.82) is 0 Å². The Morgan fingerprint density at radius 2 is 2.29 bits per heavy atom. The van der Waals surface area contributed by atoms with Crippen molar-refractivity contribution in [2.45, 2.75) is 6.54 Å². The fourth-order valence-electron chi connectivity index (χ4n) is 1.03. The quantitative estimate of drug-likeness (QED) is 0.710. The molecule has 0 amide bonds. The Labute approximate surface area is 90.2 Å². The molecule has 1 rings (SSSR count). The van der Waals surface area contributed by atoms with Gasteiger partial charge in [-0.05, 0) is 17.7 Å². The molecule has 1 aromatic rings. The second-order valence-electron chi connectivity index (χ2n) is 2.84. The van der Waals surface area contributed by atoms with E-state index in [9.17, 15) is 4.79 Å². The molecular weight excluding hydrogens is 248 g/mol. The average molecular weight is 259 g/mol. The monoisotopic (exact) mass is 258 g/mol. The van der Waals surface area contributed by atoms with Crippen molar-refractivity contribution in [1.82, 2.24) is 5.32 Å². The van der Waals surface area contributed by atoms with Gasteiger partial charge in [-0.15, -0.1) is 0 Å². The Bertz CT molecular complexity index is 342. The van der Waals surface area contributed by atoms with Gasteiger partial charge in [-0.1, -0.05) is 22.0 Å². The third kappa shape index (κ3) is 3.35. The van der Waals surface area contributed by atoms with Crippen LogP contribution < -0.4 is 11.1 Å². The van der Waals surface area contributed by atoms with Crippen LogP contribution in [0.3, 0.4) is 0 Å². The molecule has 0 heterocycles. The van der Waals surface area contributed by atoms with Crippen molar-refractivity contribution in [3.05, 3.63) is 28.2 Å². The SMILES string of the molecule is Nc1cc(Br)ccc1CNCC(=O)O. The van der Waals surface area contributed by atoms with Crippen LogP contribution >= 0.6 is 15.9 Å². The van der Waals surface area contributed by atoms with E-state index in [4.69, 9.17) is 10.8 Å². The van der Waals surface area contributed by atoms with Gasteiger partial charge in [-0.25, -0.2) is 0 Å². The molecule has 0 unspecified atom stereocenters. The summed E-state index contributed by atoms with van der Waals surface area (Å²) in [6.07, 6.45) is 0. The molecule has 0 radical (unpaired) electrons. The Kier molecular flexibility index (Phi) is 3.91. The molecule has 0 bridgehead atoms. The number of carboxylic acids is 1. The highest BCUT2D eigenvalue weighted by Crippen LogP contribution is 2.18. The fraction of sp³-hybridized carbons (Fsp3) is 0.222. The predicted molar refractivity (Wildman–Crippen MR) is 57.9 cm³/mol. The highest BCUT2D eigenvalue weighted by atomic mass is 79.9. The van der Waals surface area contributed by atoms with Gasteiger partial charge in [0.05, 0.1) is 6.54 Å². The molecular formula is C9H11BrN2O2. The van der Waals surface area contributed by atoms with Gasteiger partial charge in [0.25, 0.3) is 0 Å². The summed E-state index contributed by atoms with van der Waals surface area (Å²) in [5.41, 5.74) is 7.27. The third-order valence-electron chi connectivity index (χ3n) is 1.70. The van der Waals surface area contributed by atoms with E-state index in [-0.39, 0.29) is 6.54 Å². The number of nitrogens with one attached hydrogen (secondary N) is 1. The maximum Gasteiger partial charge on any atom is 0.317 e. The molecule has 0 aliphatic rings. The van der Waals surface area contributed by atoms with Gasteiger partial charge in [0.1, 0.15) is 0 Å². The number of nitrogens with two attached hydrogens (primary N) is 1. The Balaban J connectivity index is 2.55. The van der Waals surface area contributed by atoms with E-state index < -0.39 is 5.97 Å². The Morgan fingerprint density at radius 1 is 1.57 bits per heavy atom. The first-order chi connectivity index (χ1) is 6.59. The zero-order valence-electron chi connectivity index (χ0n) is 7.46. The number of benzene rings is 1. The highest BCUT2D eigenvalue weighted by molar-refractivity contribution is 9.10. The molecule has 0 aliphatic carbocycles. The number of nitrogen functional groups attached to an aromatic ring is 1. The zero-order valence-corrected chi connectivity index (χ0v) is 9.04. The molecule has 1 aromatic carbocycles. The van der Waals surface area contributed by atoms with Crippen LogP contribution in [0.5, 0.6) is 0 Å². The summed E-state index contributed by atoms with van der Waals surface area (Å²) in [6.45, 7) is 0.404. The van der Waals surface area contributed by atoms with Gasteiger partial charge in [-0.2, -0.15) is 0 Å². The minimum Gasteiger partial charge on any atom is -0.480 e. The number of carboxylic acid groups (broad SMARTS) is 1. The largest absolute Gasteiger partial charge is 0.480 e. The van der Waals surface area contributed by atoms with E-state index in [2.05, 4.69) is 21.2 Å². The topological polar surface area (TPSA) is 75.3 Å². The number of hydrogen-bond donors (Lipinski definition) is 3. The molecule has 0 aliphatic heterocycles. The van der Waals surface area contributed by atoms with Crippen molar-refractivity contribution in [3.63, 3.8) is 0 Å². The lowest BCUT2D eigenvalue weighted by atomic mass is 10.2. The normalized spacial score (nSPS) is 10.1. The smallest absolute Gasteiger partial charge is 0.317 e. The summed E-state index contributed by atoms with van der Waals surface area (Å²) in [7, 11) is 0. The van der Waals surface area contributed by atoms with E-state index in [1.54, 1.807) is 6.07 Å². The predicted octanol–water partition coefficient (Wildman–Crippen LogP) is 1.21. The standard InChI is InChI=1S/C9H11BrN2O2/c10-7-2-1-6(8(11)3-7)4-12-5-9(13)14/h1-3,12H,4-5,11H2,(H,13,14). The minimum absolute atomic E-state index is 0.0600. The lowest BCUT2D eigenvalue weighted by Gasteiger charge is -2.06. The van der Waals surface area contributed by atoms with Gasteiger partial charge in [0, 0.05) is 16.7 Å². The van der Waals surface area contributed by atoms with Crippen molar-refractivity contribution < 1.29 is 9.90 Å².